The van der Waals surface area contributed by atoms with Crippen LogP contribution in [0.15, 0.2) is 53.9 Å². The minimum Gasteiger partial charge on any atom is -0.370 e. The Morgan fingerprint density at radius 3 is 3.00 bits per heavy atom. The standard InChI is InChI=1S/C26H26N6O2S/c33-26(30-35-23-15-21-25(17-4-5-17)34-13-12-32(21)29-23)28-24-19-3-1-2-16(19)6-7-20(24)18-8-10-31-11-9-27-22(31)14-18/h6-11,14-15,17,25H,1-5,12-13H2,(H2,28,30,33). The summed E-state index contributed by atoms with van der Waals surface area (Å²) in [5, 5.41) is 8.63. The topological polar surface area (TPSA) is 85.5 Å². The molecule has 4 heterocycles. The van der Waals surface area contributed by atoms with E-state index in [2.05, 4.69) is 50.5 Å². The Kier molecular flexibility index (Phi) is 5.06. The molecule has 1 aliphatic heterocycles. The maximum absolute atomic E-state index is 13.0. The highest BCUT2D eigenvalue weighted by atomic mass is 32.2. The Morgan fingerprint density at radius 2 is 2.09 bits per heavy atom. The lowest BCUT2D eigenvalue weighted by atomic mass is 9.98. The summed E-state index contributed by atoms with van der Waals surface area (Å²) in [5.74, 6) is 0.611. The van der Waals surface area contributed by atoms with Gasteiger partial charge in [0.05, 0.1) is 24.5 Å². The third-order valence-corrected chi connectivity index (χ3v) is 7.91. The Bertz CT molecular complexity index is 1440. The van der Waals surface area contributed by atoms with Crippen molar-refractivity contribution in [1.29, 1.82) is 0 Å². The molecule has 4 aromatic rings. The molecular weight excluding hydrogens is 460 g/mol. The smallest absolute Gasteiger partial charge is 0.329 e. The number of anilines is 1. The van der Waals surface area contributed by atoms with Gasteiger partial charge in [0.25, 0.3) is 0 Å². The van der Waals surface area contributed by atoms with Gasteiger partial charge >= 0.3 is 6.03 Å². The number of benzene rings is 1. The van der Waals surface area contributed by atoms with Crippen molar-refractivity contribution in [2.45, 2.75) is 49.8 Å². The number of pyridine rings is 1. The SMILES string of the molecule is O=C(NSc1cc2n(n1)CCOC2C1CC1)Nc1c(-c2ccn3ccnc3c2)ccc2c1CCC2. The second-order valence-corrected chi connectivity index (χ2v) is 10.3. The molecule has 0 spiro atoms. The lowest BCUT2D eigenvalue weighted by Gasteiger charge is -2.23. The average Bonchev–Trinajstić information content (AvgIpc) is 3.25. The van der Waals surface area contributed by atoms with Gasteiger partial charge in [-0.15, -0.1) is 0 Å². The van der Waals surface area contributed by atoms with E-state index in [9.17, 15) is 4.79 Å². The summed E-state index contributed by atoms with van der Waals surface area (Å²) in [5.41, 5.74) is 7.49. The van der Waals surface area contributed by atoms with Crippen LogP contribution in [-0.2, 0) is 24.1 Å². The average molecular weight is 487 g/mol. The summed E-state index contributed by atoms with van der Waals surface area (Å²) in [6, 6.07) is 10.2. The van der Waals surface area contributed by atoms with Gasteiger partial charge in [0.15, 0.2) is 0 Å². The van der Waals surface area contributed by atoms with Crippen LogP contribution in [-0.4, -0.2) is 31.8 Å². The summed E-state index contributed by atoms with van der Waals surface area (Å²) >= 11 is 1.25. The molecule has 1 aromatic carbocycles. The number of urea groups is 1. The highest BCUT2D eigenvalue weighted by molar-refractivity contribution is 7.97. The molecule has 9 heteroatoms. The highest BCUT2D eigenvalue weighted by Gasteiger charge is 2.37. The first kappa shape index (κ1) is 21.0. The molecule has 0 radical (unpaired) electrons. The quantitative estimate of drug-likeness (QED) is 0.388. The molecule has 2 aliphatic carbocycles. The number of aromatic nitrogens is 4. The van der Waals surface area contributed by atoms with Gasteiger partial charge in [0.1, 0.15) is 16.8 Å². The van der Waals surface area contributed by atoms with Crippen molar-refractivity contribution in [2.75, 3.05) is 11.9 Å². The normalized spacial score (nSPS) is 18.9. The van der Waals surface area contributed by atoms with Crippen molar-refractivity contribution < 1.29 is 9.53 Å². The van der Waals surface area contributed by atoms with Gasteiger partial charge in [-0.2, -0.15) is 5.10 Å². The van der Waals surface area contributed by atoms with Crippen molar-refractivity contribution in [3.05, 3.63) is 65.7 Å². The number of rotatable bonds is 5. The van der Waals surface area contributed by atoms with Crippen LogP contribution in [0.2, 0.25) is 0 Å². The number of aryl methyl sites for hydroxylation is 1. The van der Waals surface area contributed by atoms with E-state index >= 15 is 0 Å². The molecular formula is C26H26N6O2S. The molecule has 1 fully saturated rings. The number of hydrogen-bond acceptors (Lipinski definition) is 5. The largest absolute Gasteiger partial charge is 0.370 e. The van der Waals surface area contributed by atoms with E-state index in [1.807, 2.05) is 21.5 Å². The maximum Gasteiger partial charge on any atom is 0.329 e. The lowest BCUT2D eigenvalue weighted by molar-refractivity contribution is 0.00273. The molecule has 1 atom stereocenters. The molecule has 0 bridgehead atoms. The minimum absolute atomic E-state index is 0.140. The second kappa shape index (κ2) is 8.42. The number of fused-ring (bicyclic) bond motifs is 3. The highest BCUT2D eigenvalue weighted by Crippen LogP contribution is 2.45. The predicted molar refractivity (Wildman–Crippen MR) is 134 cm³/mol. The van der Waals surface area contributed by atoms with Crippen LogP contribution in [0.25, 0.3) is 16.8 Å². The zero-order valence-corrected chi connectivity index (χ0v) is 20.1. The molecule has 2 N–H and O–H groups in total. The zero-order chi connectivity index (χ0) is 23.4. The fraction of sp³-hybridized carbons (Fsp3) is 0.346. The molecule has 3 aromatic heterocycles. The molecule has 7 rings (SSSR count). The van der Waals surface area contributed by atoms with Crippen molar-refractivity contribution in [3.63, 3.8) is 0 Å². The van der Waals surface area contributed by atoms with Crippen LogP contribution in [0.5, 0.6) is 0 Å². The molecule has 0 saturated heterocycles. The molecule has 35 heavy (non-hydrogen) atoms. The number of amides is 2. The Labute approximate surface area is 207 Å². The molecule has 1 saturated carbocycles. The van der Waals surface area contributed by atoms with Crippen molar-refractivity contribution in [3.8, 4) is 11.1 Å². The van der Waals surface area contributed by atoms with Gasteiger partial charge in [0.2, 0.25) is 0 Å². The van der Waals surface area contributed by atoms with E-state index in [-0.39, 0.29) is 12.1 Å². The summed E-state index contributed by atoms with van der Waals surface area (Å²) in [7, 11) is 0. The van der Waals surface area contributed by atoms with Crippen LogP contribution in [0.3, 0.4) is 0 Å². The number of hydrogen-bond donors (Lipinski definition) is 2. The van der Waals surface area contributed by atoms with E-state index in [1.54, 1.807) is 6.20 Å². The van der Waals surface area contributed by atoms with Crippen LogP contribution in [0.4, 0.5) is 10.5 Å². The first-order valence-electron chi connectivity index (χ1n) is 12.2. The van der Waals surface area contributed by atoms with E-state index in [0.29, 0.717) is 12.5 Å². The lowest BCUT2D eigenvalue weighted by Crippen LogP contribution is -2.24. The van der Waals surface area contributed by atoms with Crippen LogP contribution < -0.4 is 10.0 Å². The van der Waals surface area contributed by atoms with Gasteiger partial charge in [-0.3, -0.25) is 9.40 Å². The molecule has 178 valence electrons. The molecule has 2 amide bonds. The van der Waals surface area contributed by atoms with Gasteiger partial charge in [-0.25, -0.2) is 9.78 Å². The predicted octanol–water partition coefficient (Wildman–Crippen LogP) is 5.00. The van der Waals surface area contributed by atoms with Gasteiger partial charge in [0, 0.05) is 36.1 Å². The Morgan fingerprint density at radius 1 is 1.14 bits per heavy atom. The third-order valence-electron chi connectivity index (χ3n) is 7.21. The van der Waals surface area contributed by atoms with Gasteiger partial charge in [-0.05, 0) is 72.9 Å². The number of carbonyl (C=O) groups excluding carboxylic acids is 1. The maximum atomic E-state index is 13.0. The molecule has 8 nitrogen and oxygen atoms in total. The Hall–Kier alpha value is -3.30. The van der Waals surface area contributed by atoms with Gasteiger partial charge < -0.3 is 14.5 Å². The number of ether oxygens (including phenoxy) is 1. The Balaban J connectivity index is 1.12. The van der Waals surface area contributed by atoms with Crippen molar-refractivity contribution >= 4 is 29.3 Å². The number of carbonyl (C=O) groups is 1. The zero-order valence-electron chi connectivity index (χ0n) is 19.2. The number of imidazole rings is 1. The van der Waals surface area contributed by atoms with Crippen LogP contribution >= 0.6 is 11.9 Å². The summed E-state index contributed by atoms with van der Waals surface area (Å²) in [6.45, 7) is 1.45. The second-order valence-electron chi connectivity index (χ2n) is 9.51. The first-order chi connectivity index (χ1) is 17.2. The van der Waals surface area contributed by atoms with E-state index in [4.69, 9.17) is 4.74 Å². The summed E-state index contributed by atoms with van der Waals surface area (Å²) in [4.78, 5) is 17.5. The summed E-state index contributed by atoms with van der Waals surface area (Å²) < 4.78 is 12.9. The van der Waals surface area contributed by atoms with Crippen LogP contribution in [0, 0.1) is 5.92 Å². The van der Waals surface area contributed by atoms with Crippen LogP contribution in [0.1, 0.15) is 42.2 Å². The molecule has 3 aliphatic rings. The van der Waals surface area contributed by atoms with E-state index < -0.39 is 0 Å². The minimum atomic E-state index is -0.251. The molecule has 1 unspecified atom stereocenters. The first-order valence-corrected chi connectivity index (χ1v) is 13.1. The van der Waals surface area contributed by atoms with E-state index in [1.165, 1.54) is 35.9 Å². The third kappa shape index (κ3) is 3.88. The van der Waals surface area contributed by atoms with E-state index in [0.717, 1.165) is 59.0 Å². The number of nitrogens with one attached hydrogen (secondary N) is 2. The fourth-order valence-corrected chi connectivity index (χ4v) is 5.93. The fourth-order valence-electron chi connectivity index (χ4n) is 5.36. The monoisotopic (exact) mass is 486 g/mol. The van der Waals surface area contributed by atoms with Gasteiger partial charge in [-0.1, -0.05) is 12.1 Å². The number of nitrogens with zero attached hydrogens (tertiary/aromatic N) is 4. The van der Waals surface area contributed by atoms with Crippen molar-refractivity contribution in [1.82, 2.24) is 23.9 Å². The summed E-state index contributed by atoms with van der Waals surface area (Å²) in [6.07, 6.45) is 11.4. The van der Waals surface area contributed by atoms with Crippen molar-refractivity contribution in [2.24, 2.45) is 5.92 Å².